The molecule has 1 aromatic heterocycles. The van der Waals surface area contributed by atoms with Crippen molar-refractivity contribution in [3.05, 3.63) is 77.6 Å². The topological polar surface area (TPSA) is 76.9 Å². The van der Waals surface area contributed by atoms with Gasteiger partial charge in [-0.05, 0) is 32.9 Å². The second kappa shape index (κ2) is 9.52. The van der Waals surface area contributed by atoms with E-state index < -0.39 is 0 Å². The summed E-state index contributed by atoms with van der Waals surface area (Å²) in [5.41, 5.74) is 1.28. The number of amides is 1. The zero-order valence-corrected chi connectivity index (χ0v) is 17.5. The van der Waals surface area contributed by atoms with Crippen molar-refractivity contribution in [2.45, 2.75) is 38.0 Å². The molecule has 0 bridgehead atoms. The molecule has 0 aliphatic carbocycles. The molecule has 0 fully saturated rings. The van der Waals surface area contributed by atoms with Crippen LogP contribution in [0, 0.1) is 0 Å². The van der Waals surface area contributed by atoms with Crippen LogP contribution in [-0.2, 0) is 0 Å². The number of aromatic nitrogens is 3. The van der Waals surface area contributed by atoms with Crippen LogP contribution in [0.4, 0.5) is 0 Å². The molecule has 29 heavy (non-hydrogen) atoms. The fourth-order valence-electron chi connectivity index (χ4n) is 2.94. The molecule has 0 spiro atoms. The van der Waals surface area contributed by atoms with Gasteiger partial charge in [0.25, 0.3) is 5.91 Å². The van der Waals surface area contributed by atoms with Crippen molar-refractivity contribution in [1.29, 1.82) is 0 Å². The summed E-state index contributed by atoms with van der Waals surface area (Å²) >= 11 is 1.36. The third-order valence-electron chi connectivity index (χ3n) is 4.41. The van der Waals surface area contributed by atoms with Crippen LogP contribution in [0.5, 0.6) is 0 Å². The molecule has 7 heteroatoms. The number of hydrogen-bond donors (Lipinski definition) is 1. The molecule has 0 radical (unpaired) electrons. The minimum atomic E-state index is -0.322. The number of benzene rings is 2. The number of nitrogens with zero attached hydrogens (tertiary/aromatic N) is 3. The summed E-state index contributed by atoms with van der Waals surface area (Å²) in [5.74, 6) is 0.823. The van der Waals surface area contributed by atoms with Gasteiger partial charge in [0, 0.05) is 17.2 Å². The van der Waals surface area contributed by atoms with Crippen molar-refractivity contribution in [2.75, 3.05) is 5.75 Å². The van der Waals surface area contributed by atoms with E-state index in [1.165, 1.54) is 11.8 Å². The monoisotopic (exact) mass is 408 g/mol. The van der Waals surface area contributed by atoms with Crippen LogP contribution in [0.3, 0.4) is 0 Å². The average Bonchev–Trinajstić information content (AvgIpc) is 3.17. The maximum atomic E-state index is 12.5. The van der Waals surface area contributed by atoms with Crippen molar-refractivity contribution in [2.24, 2.45) is 0 Å². The van der Waals surface area contributed by atoms with Gasteiger partial charge in [0.15, 0.2) is 16.8 Å². The fraction of sp³-hybridized carbons (Fsp3) is 0.273. The Kier molecular flexibility index (Phi) is 6.82. The van der Waals surface area contributed by atoms with Crippen molar-refractivity contribution in [3.8, 4) is 0 Å². The van der Waals surface area contributed by atoms with Crippen LogP contribution in [0.2, 0.25) is 0 Å². The molecule has 0 unspecified atom stereocenters. The molecule has 3 aromatic rings. The van der Waals surface area contributed by atoms with Crippen LogP contribution < -0.4 is 5.32 Å². The summed E-state index contributed by atoms with van der Waals surface area (Å²) in [6.07, 6.45) is 0. The summed E-state index contributed by atoms with van der Waals surface area (Å²) in [5, 5.41) is 12.2. The quantitative estimate of drug-likeness (QED) is 0.444. The molecule has 6 nitrogen and oxygen atoms in total. The SMILES string of the molecule is CC(C)n1c(SCC(=O)c2ccccc2)nnc1[C@@H](C)NC(=O)c1ccccc1. The minimum absolute atomic E-state index is 0.0425. The number of Topliss-reactive ketones (excluding diaryl/α,β-unsaturated/α-hetero) is 1. The van der Waals surface area contributed by atoms with Gasteiger partial charge in [-0.1, -0.05) is 60.3 Å². The number of carbonyl (C=O) groups excluding carboxylic acids is 2. The number of ketones is 1. The van der Waals surface area contributed by atoms with Gasteiger partial charge in [-0.2, -0.15) is 0 Å². The lowest BCUT2D eigenvalue weighted by Crippen LogP contribution is -2.29. The van der Waals surface area contributed by atoms with Crippen molar-refractivity contribution < 1.29 is 9.59 Å². The van der Waals surface area contributed by atoms with Gasteiger partial charge in [0.2, 0.25) is 0 Å². The highest BCUT2D eigenvalue weighted by Crippen LogP contribution is 2.25. The molecule has 0 saturated heterocycles. The molecule has 0 aliphatic rings. The molecule has 1 N–H and O–H groups in total. The maximum absolute atomic E-state index is 12.5. The van der Waals surface area contributed by atoms with E-state index in [1.807, 2.05) is 73.9 Å². The number of carbonyl (C=O) groups is 2. The second-order valence-electron chi connectivity index (χ2n) is 6.94. The lowest BCUT2D eigenvalue weighted by atomic mass is 10.2. The first kappa shape index (κ1) is 20.8. The highest BCUT2D eigenvalue weighted by atomic mass is 32.2. The van der Waals surface area contributed by atoms with E-state index >= 15 is 0 Å². The molecular formula is C22H24N4O2S. The summed E-state index contributed by atoms with van der Waals surface area (Å²) in [4.78, 5) is 24.9. The molecular weight excluding hydrogens is 384 g/mol. The summed E-state index contributed by atoms with van der Waals surface area (Å²) in [6.45, 7) is 5.94. The molecule has 1 atom stereocenters. The van der Waals surface area contributed by atoms with Gasteiger partial charge in [0.05, 0.1) is 11.8 Å². The van der Waals surface area contributed by atoms with E-state index in [2.05, 4.69) is 15.5 Å². The zero-order valence-electron chi connectivity index (χ0n) is 16.7. The van der Waals surface area contributed by atoms with Crippen molar-refractivity contribution in [3.63, 3.8) is 0 Å². The second-order valence-corrected chi connectivity index (χ2v) is 7.89. The van der Waals surface area contributed by atoms with Crippen molar-refractivity contribution >= 4 is 23.5 Å². The van der Waals surface area contributed by atoms with E-state index in [4.69, 9.17) is 0 Å². The Bertz CT molecular complexity index is 971. The average molecular weight is 409 g/mol. The highest BCUT2D eigenvalue weighted by Gasteiger charge is 2.22. The van der Waals surface area contributed by atoms with E-state index in [-0.39, 0.29) is 29.5 Å². The molecule has 1 amide bonds. The van der Waals surface area contributed by atoms with Crippen LogP contribution in [0.1, 0.15) is 59.4 Å². The lowest BCUT2D eigenvalue weighted by Gasteiger charge is -2.18. The Balaban J connectivity index is 1.72. The van der Waals surface area contributed by atoms with Gasteiger partial charge in [-0.15, -0.1) is 10.2 Å². The van der Waals surface area contributed by atoms with Gasteiger partial charge >= 0.3 is 0 Å². The van der Waals surface area contributed by atoms with Gasteiger partial charge < -0.3 is 9.88 Å². The van der Waals surface area contributed by atoms with Gasteiger partial charge in [0.1, 0.15) is 0 Å². The maximum Gasteiger partial charge on any atom is 0.251 e. The molecule has 0 aliphatic heterocycles. The van der Waals surface area contributed by atoms with Crippen LogP contribution in [0.25, 0.3) is 0 Å². The Morgan fingerprint density at radius 3 is 2.10 bits per heavy atom. The number of nitrogens with one attached hydrogen (secondary N) is 1. The van der Waals surface area contributed by atoms with Gasteiger partial charge in [-0.25, -0.2) is 0 Å². The van der Waals surface area contributed by atoms with Crippen LogP contribution in [0.15, 0.2) is 65.8 Å². The number of rotatable bonds is 8. The molecule has 1 heterocycles. The predicted molar refractivity (Wildman–Crippen MR) is 114 cm³/mol. The molecule has 0 saturated carbocycles. The minimum Gasteiger partial charge on any atom is -0.342 e. The lowest BCUT2D eigenvalue weighted by molar-refractivity contribution is 0.0936. The number of thioether (sulfide) groups is 1. The first-order valence-electron chi connectivity index (χ1n) is 9.49. The first-order valence-corrected chi connectivity index (χ1v) is 10.5. The van der Waals surface area contributed by atoms with Crippen LogP contribution in [-0.4, -0.2) is 32.2 Å². The molecule has 3 rings (SSSR count). The Morgan fingerprint density at radius 2 is 1.52 bits per heavy atom. The fourth-order valence-corrected chi connectivity index (χ4v) is 3.91. The third kappa shape index (κ3) is 5.12. The number of hydrogen-bond acceptors (Lipinski definition) is 5. The summed E-state index contributed by atoms with van der Waals surface area (Å²) in [6, 6.07) is 18.0. The van der Waals surface area contributed by atoms with Crippen LogP contribution >= 0.6 is 11.8 Å². The Hall–Kier alpha value is -2.93. The zero-order chi connectivity index (χ0) is 20.8. The Morgan fingerprint density at radius 1 is 0.931 bits per heavy atom. The molecule has 150 valence electrons. The highest BCUT2D eigenvalue weighted by molar-refractivity contribution is 7.99. The summed E-state index contributed by atoms with van der Waals surface area (Å²) in [7, 11) is 0. The predicted octanol–water partition coefficient (Wildman–Crippen LogP) is 4.33. The van der Waals surface area contributed by atoms with E-state index in [0.717, 1.165) is 0 Å². The normalized spacial score (nSPS) is 12.0. The Labute approximate surface area is 174 Å². The van der Waals surface area contributed by atoms with Crippen molar-refractivity contribution in [1.82, 2.24) is 20.1 Å². The summed E-state index contributed by atoms with van der Waals surface area (Å²) < 4.78 is 1.97. The third-order valence-corrected chi connectivity index (χ3v) is 5.35. The first-order chi connectivity index (χ1) is 14.0. The standard InChI is InChI=1S/C22H24N4O2S/c1-15(2)26-20(16(3)23-21(28)18-12-8-5-9-13-18)24-25-22(26)29-14-19(27)17-10-6-4-7-11-17/h4-13,15-16H,14H2,1-3H3,(H,23,28)/t16-/m1/s1. The van der Waals surface area contributed by atoms with Gasteiger partial charge in [-0.3, -0.25) is 9.59 Å². The van der Waals surface area contributed by atoms with E-state index in [9.17, 15) is 9.59 Å². The smallest absolute Gasteiger partial charge is 0.251 e. The largest absolute Gasteiger partial charge is 0.342 e. The van der Waals surface area contributed by atoms with E-state index in [1.54, 1.807) is 12.1 Å². The molecule has 2 aromatic carbocycles. The van der Waals surface area contributed by atoms with E-state index in [0.29, 0.717) is 22.1 Å².